The van der Waals surface area contributed by atoms with E-state index in [1.807, 2.05) is 0 Å². The number of nitrogens with one attached hydrogen (secondary N) is 1. The van der Waals surface area contributed by atoms with Crippen LogP contribution in [0.2, 0.25) is 0 Å². The van der Waals surface area contributed by atoms with E-state index < -0.39 is 5.60 Å². The highest BCUT2D eigenvalue weighted by Crippen LogP contribution is 2.04. The third-order valence-corrected chi connectivity index (χ3v) is 1.11. The molecule has 0 heterocycles. The van der Waals surface area contributed by atoms with E-state index in [0.717, 1.165) is 0 Å². The highest BCUT2D eigenvalue weighted by atomic mass is 16.3. The minimum Gasteiger partial charge on any atom is -0.390 e. The molecule has 0 bridgehead atoms. The van der Waals surface area contributed by atoms with Gasteiger partial charge in [-0.05, 0) is 20.3 Å². The first-order chi connectivity index (χ1) is 4.42. The van der Waals surface area contributed by atoms with Gasteiger partial charge in [-0.1, -0.05) is 0 Å². The molecule has 0 aliphatic heterocycles. The Bertz CT molecular complexity index is 115. The summed E-state index contributed by atoms with van der Waals surface area (Å²) in [6.45, 7) is 5.44. The summed E-state index contributed by atoms with van der Waals surface area (Å²) in [7, 11) is 0. The molecular weight excluding hydrogens is 130 g/mol. The monoisotopic (exact) mass is 145 g/mol. The zero-order valence-electron chi connectivity index (χ0n) is 6.77. The van der Waals surface area contributed by atoms with Gasteiger partial charge in [-0.15, -0.1) is 0 Å². The molecule has 10 heavy (non-hydrogen) atoms. The van der Waals surface area contributed by atoms with Gasteiger partial charge in [-0.25, -0.2) is 0 Å². The van der Waals surface area contributed by atoms with Gasteiger partial charge in [-0.2, -0.15) is 0 Å². The molecule has 0 aromatic rings. The Morgan fingerprint density at radius 3 is 2.40 bits per heavy atom. The number of aliphatic hydroxyl groups is 1. The summed E-state index contributed by atoms with van der Waals surface area (Å²) in [6, 6.07) is 0. The van der Waals surface area contributed by atoms with Crippen LogP contribution in [-0.2, 0) is 4.79 Å². The molecule has 0 spiro atoms. The second kappa shape index (κ2) is 3.56. The Labute approximate surface area is 61.4 Å². The van der Waals surface area contributed by atoms with Gasteiger partial charge in [0.1, 0.15) is 0 Å². The number of hydrogen-bond donors (Lipinski definition) is 2. The first-order valence-electron chi connectivity index (χ1n) is 3.38. The zero-order chi connectivity index (χ0) is 8.20. The second-order valence-electron chi connectivity index (χ2n) is 3.05. The average molecular weight is 145 g/mol. The van der Waals surface area contributed by atoms with Crippen molar-refractivity contribution in [1.82, 2.24) is 5.32 Å². The van der Waals surface area contributed by atoms with Crippen molar-refractivity contribution in [2.24, 2.45) is 0 Å². The first-order valence-corrected chi connectivity index (χ1v) is 3.38. The van der Waals surface area contributed by atoms with Crippen molar-refractivity contribution < 1.29 is 9.90 Å². The predicted octanol–water partition coefficient (Wildman–Crippen LogP) is 0.283. The van der Waals surface area contributed by atoms with E-state index in [1.165, 1.54) is 6.92 Å². The number of amides is 1. The Morgan fingerprint density at radius 1 is 1.60 bits per heavy atom. The SMILES string of the molecule is CC(=O)NCCC(C)(C)O. The van der Waals surface area contributed by atoms with Crippen LogP contribution in [0, 0.1) is 0 Å². The summed E-state index contributed by atoms with van der Waals surface area (Å²) >= 11 is 0. The van der Waals surface area contributed by atoms with Gasteiger partial charge < -0.3 is 10.4 Å². The maximum Gasteiger partial charge on any atom is 0.216 e. The lowest BCUT2D eigenvalue weighted by Crippen LogP contribution is -2.29. The lowest BCUT2D eigenvalue weighted by molar-refractivity contribution is -0.119. The van der Waals surface area contributed by atoms with Crippen LogP contribution in [0.3, 0.4) is 0 Å². The molecule has 0 saturated heterocycles. The quantitative estimate of drug-likeness (QED) is 0.599. The third kappa shape index (κ3) is 7.43. The van der Waals surface area contributed by atoms with Gasteiger partial charge in [0.15, 0.2) is 0 Å². The van der Waals surface area contributed by atoms with E-state index in [-0.39, 0.29) is 5.91 Å². The summed E-state index contributed by atoms with van der Waals surface area (Å²) in [6.07, 6.45) is 0.590. The molecule has 2 N–H and O–H groups in total. The van der Waals surface area contributed by atoms with E-state index in [2.05, 4.69) is 5.32 Å². The van der Waals surface area contributed by atoms with Crippen molar-refractivity contribution in [2.45, 2.75) is 32.8 Å². The average Bonchev–Trinajstić information content (AvgIpc) is 1.59. The lowest BCUT2D eigenvalue weighted by Gasteiger charge is -2.16. The molecule has 0 rings (SSSR count). The van der Waals surface area contributed by atoms with Gasteiger partial charge >= 0.3 is 0 Å². The van der Waals surface area contributed by atoms with E-state index in [4.69, 9.17) is 0 Å². The Hall–Kier alpha value is -0.570. The number of carbonyl (C=O) groups is 1. The first kappa shape index (κ1) is 9.43. The van der Waals surface area contributed by atoms with Gasteiger partial charge in [0, 0.05) is 13.5 Å². The molecule has 0 radical (unpaired) electrons. The van der Waals surface area contributed by atoms with E-state index in [9.17, 15) is 9.90 Å². The van der Waals surface area contributed by atoms with Gasteiger partial charge in [0.05, 0.1) is 5.60 Å². The van der Waals surface area contributed by atoms with Crippen molar-refractivity contribution in [2.75, 3.05) is 6.54 Å². The topological polar surface area (TPSA) is 49.3 Å². The van der Waals surface area contributed by atoms with Crippen LogP contribution in [0.5, 0.6) is 0 Å². The summed E-state index contributed by atoms with van der Waals surface area (Å²) < 4.78 is 0. The van der Waals surface area contributed by atoms with Crippen LogP contribution in [0.15, 0.2) is 0 Å². The summed E-state index contributed by atoms with van der Waals surface area (Å²) in [5.41, 5.74) is -0.678. The number of hydrogen-bond acceptors (Lipinski definition) is 2. The maximum atomic E-state index is 10.3. The van der Waals surface area contributed by atoms with Crippen molar-refractivity contribution in [3.8, 4) is 0 Å². The third-order valence-electron chi connectivity index (χ3n) is 1.11. The fraction of sp³-hybridized carbons (Fsp3) is 0.857. The largest absolute Gasteiger partial charge is 0.390 e. The van der Waals surface area contributed by atoms with Crippen molar-refractivity contribution in [3.05, 3.63) is 0 Å². The fourth-order valence-electron chi connectivity index (χ4n) is 0.544. The molecule has 0 aliphatic carbocycles. The minimum absolute atomic E-state index is 0.0516. The van der Waals surface area contributed by atoms with Crippen LogP contribution >= 0.6 is 0 Å². The molecule has 0 aromatic heterocycles. The molecular formula is C7H15NO2. The number of rotatable bonds is 3. The molecule has 0 unspecified atom stereocenters. The van der Waals surface area contributed by atoms with Gasteiger partial charge in [0.25, 0.3) is 0 Å². The maximum absolute atomic E-state index is 10.3. The van der Waals surface area contributed by atoms with Crippen LogP contribution in [0.4, 0.5) is 0 Å². The molecule has 0 fully saturated rings. The van der Waals surface area contributed by atoms with Crippen LogP contribution in [0.1, 0.15) is 27.2 Å². The van der Waals surface area contributed by atoms with Crippen molar-refractivity contribution in [3.63, 3.8) is 0 Å². The molecule has 0 aromatic carbocycles. The Kier molecular flexibility index (Phi) is 3.36. The highest BCUT2D eigenvalue weighted by Gasteiger charge is 2.10. The normalized spacial score (nSPS) is 11.2. The van der Waals surface area contributed by atoms with Gasteiger partial charge in [0.2, 0.25) is 5.91 Å². The van der Waals surface area contributed by atoms with Crippen LogP contribution in [0.25, 0.3) is 0 Å². The minimum atomic E-state index is -0.678. The van der Waals surface area contributed by atoms with Gasteiger partial charge in [-0.3, -0.25) is 4.79 Å². The zero-order valence-corrected chi connectivity index (χ0v) is 6.77. The fourth-order valence-corrected chi connectivity index (χ4v) is 0.544. The standard InChI is InChI=1S/C7H15NO2/c1-6(9)8-5-4-7(2,3)10/h10H,4-5H2,1-3H3,(H,8,9). The van der Waals surface area contributed by atoms with Crippen LogP contribution < -0.4 is 5.32 Å². The Morgan fingerprint density at radius 2 is 2.10 bits per heavy atom. The molecule has 0 atom stereocenters. The van der Waals surface area contributed by atoms with E-state index in [1.54, 1.807) is 13.8 Å². The second-order valence-corrected chi connectivity index (χ2v) is 3.05. The molecule has 3 nitrogen and oxygen atoms in total. The smallest absolute Gasteiger partial charge is 0.216 e. The predicted molar refractivity (Wildman–Crippen MR) is 39.6 cm³/mol. The van der Waals surface area contributed by atoms with Crippen LogP contribution in [-0.4, -0.2) is 23.2 Å². The molecule has 60 valence electrons. The summed E-state index contributed by atoms with van der Waals surface area (Å²) in [4.78, 5) is 10.3. The lowest BCUT2D eigenvalue weighted by atomic mass is 10.1. The Balaban J connectivity index is 3.29. The summed E-state index contributed by atoms with van der Waals surface area (Å²) in [5, 5.41) is 11.8. The summed E-state index contributed by atoms with van der Waals surface area (Å²) in [5.74, 6) is -0.0516. The van der Waals surface area contributed by atoms with Crippen molar-refractivity contribution >= 4 is 5.91 Å². The number of carbonyl (C=O) groups excluding carboxylic acids is 1. The van der Waals surface area contributed by atoms with E-state index >= 15 is 0 Å². The van der Waals surface area contributed by atoms with E-state index in [0.29, 0.717) is 13.0 Å². The molecule has 0 aliphatic rings. The highest BCUT2D eigenvalue weighted by molar-refractivity contribution is 5.72. The molecule has 3 heteroatoms. The molecule has 0 saturated carbocycles. The van der Waals surface area contributed by atoms with Crippen molar-refractivity contribution in [1.29, 1.82) is 0 Å². The molecule has 1 amide bonds.